The molecule has 5 nitrogen and oxygen atoms in total. The Kier molecular flexibility index (Phi) is 10.2. The zero-order valence-corrected chi connectivity index (χ0v) is 23.9. The van der Waals surface area contributed by atoms with Crippen molar-refractivity contribution in [3.05, 3.63) is 94.5 Å². The Bertz CT molecular complexity index is 1290. The molecule has 5 rings (SSSR count). The van der Waals surface area contributed by atoms with Gasteiger partial charge >= 0.3 is 0 Å². The fourth-order valence-electron chi connectivity index (χ4n) is 4.89. The molecule has 0 aliphatic carbocycles. The molecule has 0 N–H and O–H groups in total. The van der Waals surface area contributed by atoms with Crippen molar-refractivity contribution in [2.75, 3.05) is 44.3 Å². The molecule has 0 atom stereocenters. The molecule has 38 heavy (non-hydrogen) atoms. The molecular weight excluding hydrogens is 537 g/mol. The van der Waals surface area contributed by atoms with E-state index in [1.54, 1.807) is 11.3 Å². The van der Waals surface area contributed by atoms with Crippen LogP contribution in [-0.4, -0.2) is 55.2 Å². The van der Waals surface area contributed by atoms with Crippen LogP contribution in [0.1, 0.15) is 35.4 Å². The van der Waals surface area contributed by atoms with Gasteiger partial charge in [0, 0.05) is 43.5 Å². The summed E-state index contributed by atoms with van der Waals surface area (Å²) in [6, 6.07) is 24.5. The number of benzene rings is 3. The first kappa shape index (κ1) is 28.5. The summed E-state index contributed by atoms with van der Waals surface area (Å²) in [6.07, 6.45) is 1.25. The van der Waals surface area contributed by atoms with Crippen molar-refractivity contribution in [2.24, 2.45) is 0 Å². The highest BCUT2D eigenvalue weighted by Gasteiger charge is 2.26. The van der Waals surface area contributed by atoms with E-state index in [4.69, 9.17) is 21.3 Å². The van der Waals surface area contributed by atoms with Gasteiger partial charge in [0.25, 0.3) is 0 Å². The van der Waals surface area contributed by atoms with E-state index in [9.17, 15) is 4.79 Å². The molecule has 2 heterocycles. The maximum atomic E-state index is 14.0. The van der Waals surface area contributed by atoms with Crippen molar-refractivity contribution < 1.29 is 9.53 Å². The second-order valence-electron chi connectivity index (χ2n) is 9.45. The number of halogens is 2. The van der Waals surface area contributed by atoms with Crippen molar-refractivity contribution in [1.29, 1.82) is 0 Å². The van der Waals surface area contributed by atoms with Gasteiger partial charge in [0.05, 0.1) is 23.4 Å². The van der Waals surface area contributed by atoms with Gasteiger partial charge in [0.2, 0.25) is 5.91 Å². The lowest BCUT2D eigenvalue weighted by Crippen LogP contribution is -2.39. The van der Waals surface area contributed by atoms with E-state index in [1.165, 1.54) is 0 Å². The number of hydrogen-bond donors (Lipinski definition) is 0. The second-order valence-corrected chi connectivity index (χ2v) is 10.9. The quantitative estimate of drug-likeness (QED) is 0.218. The molecule has 3 aromatic carbocycles. The molecular formula is C30H33Cl2N3O2S. The van der Waals surface area contributed by atoms with E-state index in [0.717, 1.165) is 71.3 Å². The molecule has 1 fully saturated rings. The number of nitrogens with zero attached hydrogens (tertiary/aromatic N) is 3. The average molecular weight is 571 g/mol. The Morgan fingerprint density at radius 2 is 1.66 bits per heavy atom. The van der Waals surface area contributed by atoms with Crippen LogP contribution >= 0.6 is 35.3 Å². The van der Waals surface area contributed by atoms with Gasteiger partial charge in [0.15, 0.2) is 5.13 Å². The van der Waals surface area contributed by atoms with Gasteiger partial charge in [-0.3, -0.25) is 14.6 Å². The monoisotopic (exact) mass is 569 g/mol. The number of rotatable bonds is 9. The van der Waals surface area contributed by atoms with E-state index in [2.05, 4.69) is 29.2 Å². The number of aromatic nitrogens is 1. The van der Waals surface area contributed by atoms with Crippen molar-refractivity contribution in [3.8, 4) is 0 Å². The van der Waals surface area contributed by atoms with Crippen molar-refractivity contribution in [2.45, 2.75) is 25.7 Å². The molecule has 1 aliphatic rings. The summed E-state index contributed by atoms with van der Waals surface area (Å²) < 4.78 is 6.54. The van der Waals surface area contributed by atoms with Crippen molar-refractivity contribution in [3.63, 3.8) is 0 Å². The first-order valence-corrected chi connectivity index (χ1v) is 14.1. The molecule has 200 valence electrons. The van der Waals surface area contributed by atoms with Gasteiger partial charge in [-0.15, -0.1) is 12.4 Å². The molecule has 8 heteroatoms. The smallest absolute Gasteiger partial charge is 0.229 e. The summed E-state index contributed by atoms with van der Waals surface area (Å²) in [4.78, 5) is 23.3. The van der Waals surface area contributed by atoms with Crippen LogP contribution in [0, 0.1) is 6.92 Å². The molecule has 1 amide bonds. The Balaban J connectivity index is 0.00000336. The molecule has 0 saturated carbocycles. The molecule has 1 aromatic heterocycles. The molecule has 4 aromatic rings. The third-order valence-electron chi connectivity index (χ3n) is 7.01. The molecule has 0 unspecified atom stereocenters. The highest BCUT2D eigenvalue weighted by Crippen LogP contribution is 2.35. The molecule has 0 spiro atoms. The molecule has 0 radical (unpaired) electrons. The number of ether oxygens (including phenoxy) is 1. The summed E-state index contributed by atoms with van der Waals surface area (Å²) in [5.74, 6) is 0.0599. The largest absolute Gasteiger partial charge is 0.379 e. The number of amides is 1. The normalized spacial score (nSPS) is 14.0. The minimum atomic E-state index is -0.0257. The minimum absolute atomic E-state index is 0. The topological polar surface area (TPSA) is 45.7 Å². The van der Waals surface area contributed by atoms with Crippen molar-refractivity contribution in [1.82, 2.24) is 9.88 Å². The van der Waals surface area contributed by atoms with E-state index < -0.39 is 0 Å². The number of thiazole rings is 1. The maximum absolute atomic E-state index is 14.0. The SMILES string of the molecule is Cc1c(Cl)ccc2sc(N(CCCN3CCOCC3)C(=O)CC(c3ccccc3)c3ccccc3)nc12.Cl. The standard InChI is InChI=1S/C30H32ClN3O2S.ClH/c1-22-26(31)13-14-27-29(22)32-30(37-27)34(16-8-15-33-17-19-36-20-18-33)28(35)21-25(23-9-4-2-5-10-23)24-11-6-3-7-12-24;/h2-7,9-14,25H,8,15-21H2,1H3;1H. The van der Waals surface area contributed by atoms with Crippen LogP contribution in [-0.2, 0) is 9.53 Å². The summed E-state index contributed by atoms with van der Waals surface area (Å²) in [6.45, 7) is 6.98. The van der Waals surface area contributed by atoms with Gasteiger partial charge in [0.1, 0.15) is 0 Å². The maximum Gasteiger partial charge on any atom is 0.229 e. The molecule has 0 bridgehead atoms. The third kappa shape index (κ3) is 6.74. The van der Waals surface area contributed by atoms with E-state index in [0.29, 0.717) is 18.0 Å². The number of morpholine rings is 1. The number of anilines is 1. The Morgan fingerprint density at radius 1 is 1.03 bits per heavy atom. The lowest BCUT2D eigenvalue weighted by Gasteiger charge is -2.28. The predicted octanol–water partition coefficient (Wildman–Crippen LogP) is 6.96. The van der Waals surface area contributed by atoms with Crippen LogP contribution in [0.2, 0.25) is 5.02 Å². The zero-order chi connectivity index (χ0) is 25.6. The van der Waals surface area contributed by atoms with Gasteiger partial charge < -0.3 is 4.74 Å². The van der Waals surface area contributed by atoms with E-state index in [-0.39, 0.29) is 24.2 Å². The van der Waals surface area contributed by atoms with E-state index >= 15 is 0 Å². The lowest BCUT2D eigenvalue weighted by atomic mass is 9.88. The lowest BCUT2D eigenvalue weighted by molar-refractivity contribution is -0.118. The minimum Gasteiger partial charge on any atom is -0.379 e. The van der Waals surface area contributed by atoms with Crippen LogP contribution in [0.4, 0.5) is 5.13 Å². The van der Waals surface area contributed by atoms with Crippen LogP contribution in [0.15, 0.2) is 72.8 Å². The van der Waals surface area contributed by atoms with Gasteiger partial charge in [-0.05, 0) is 42.2 Å². The van der Waals surface area contributed by atoms with E-state index in [1.807, 2.05) is 60.4 Å². The van der Waals surface area contributed by atoms with Gasteiger partial charge in [-0.2, -0.15) is 0 Å². The highest BCUT2D eigenvalue weighted by atomic mass is 35.5. The summed E-state index contributed by atoms with van der Waals surface area (Å²) in [5, 5.41) is 1.44. The number of carbonyl (C=O) groups excluding carboxylic acids is 1. The summed E-state index contributed by atoms with van der Waals surface area (Å²) >= 11 is 7.94. The Labute approximate surface area is 239 Å². The summed E-state index contributed by atoms with van der Waals surface area (Å²) in [7, 11) is 0. The highest BCUT2D eigenvalue weighted by molar-refractivity contribution is 7.22. The van der Waals surface area contributed by atoms with Crippen LogP contribution in [0.25, 0.3) is 10.2 Å². The molecule has 1 saturated heterocycles. The number of fused-ring (bicyclic) bond motifs is 1. The van der Waals surface area contributed by atoms with Crippen LogP contribution < -0.4 is 4.90 Å². The Morgan fingerprint density at radius 3 is 2.29 bits per heavy atom. The summed E-state index contributed by atoms with van der Waals surface area (Å²) in [5.41, 5.74) is 4.11. The van der Waals surface area contributed by atoms with Crippen molar-refractivity contribution >= 4 is 56.6 Å². The fraction of sp³-hybridized carbons (Fsp3) is 0.333. The van der Waals surface area contributed by atoms with Crippen LogP contribution in [0.5, 0.6) is 0 Å². The first-order chi connectivity index (χ1) is 18.1. The van der Waals surface area contributed by atoms with Crippen LogP contribution in [0.3, 0.4) is 0 Å². The molecule has 1 aliphatic heterocycles. The number of carbonyl (C=O) groups is 1. The number of hydrogen-bond acceptors (Lipinski definition) is 5. The zero-order valence-electron chi connectivity index (χ0n) is 21.5. The average Bonchev–Trinajstić information content (AvgIpc) is 3.38. The van der Waals surface area contributed by atoms with Gasteiger partial charge in [-0.25, -0.2) is 4.98 Å². The number of aryl methyl sites for hydroxylation is 1. The fourth-order valence-corrected chi connectivity index (χ4v) is 6.11. The first-order valence-electron chi connectivity index (χ1n) is 12.9. The third-order valence-corrected chi connectivity index (χ3v) is 8.46. The second kappa shape index (κ2) is 13.5. The predicted molar refractivity (Wildman–Crippen MR) is 160 cm³/mol. The Hall–Kier alpha value is -2.48. The van der Waals surface area contributed by atoms with Gasteiger partial charge in [-0.1, -0.05) is 83.6 Å².